The van der Waals surface area contributed by atoms with Crippen LogP contribution < -0.4 is 4.74 Å². The standard InChI is InChI=1S/C26H26ClNO3/c27-26(30)25(29)23-22(19-12-13-19)20(15-17-7-4-5-8-17)28-14-6-11-21(24(23)28)31-16-18-9-2-1-3-10-18/h1-3,6,9-11,14,17,19H,4-5,7-8,12-13,15-16H2. The number of Topliss-reactive ketones (excluding diaryl/α,β-unsaturated/α-hetero) is 1. The van der Waals surface area contributed by atoms with Gasteiger partial charge in [-0.05, 0) is 66.0 Å². The number of rotatable bonds is 8. The Bertz CT molecular complexity index is 1120. The minimum absolute atomic E-state index is 0.327. The van der Waals surface area contributed by atoms with Crippen LogP contribution in [0.5, 0.6) is 5.75 Å². The minimum Gasteiger partial charge on any atom is -0.487 e. The molecule has 3 aromatic rings. The second-order valence-corrected chi connectivity index (χ2v) is 9.18. The van der Waals surface area contributed by atoms with E-state index in [4.69, 9.17) is 16.3 Å². The van der Waals surface area contributed by atoms with Crippen molar-refractivity contribution in [3.63, 3.8) is 0 Å². The van der Waals surface area contributed by atoms with Gasteiger partial charge in [0.2, 0.25) is 5.78 Å². The Kier molecular flexibility index (Phi) is 5.58. The third-order valence-electron chi connectivity index (χ3n) is 6.65. The molecule has 0 amide bonds. The quantitative estimate of drug-likeness (QED) is 0.245. The predicted molar refractivity (Wildman–Crippen MR) is 121 cm³/mol. The fraction of sp³-hybridized carbons (Fsp3) is 0.385. The number of aromatic nitrogens is 1. The first-order valence-electron chi connectivity index (χ1n) is 11.2. The molecule has 5 heteroatoms. The van der Waals surface area contributed by atoms with E-state index in [1.54, 1.807) is 0 Å². The van der Waals surface area contributed by atoms with E-state index in [1.807, 2.05) is 48.7 Å². The van der Waals surface area contributed by atoms with Crippen LogP contribution in [0.2, 0.25) is 0 Å². The molecule has 0 atom stereocenters. The molecule has 0 aliphatic heterocycles. The summed E-state index contributed by atoms with van der Waals surface area (Å²) in [4.78, 5) is 25.0. The number of hydrogen-bond donors (Lipinski definition) is 0. The lowest BCUT2D eigenvalue weighted by atomic mass is 9.95. The molecule has 2 aliphatic rings. The van der Waals surface area contributed by atoms with Gasteiger partial charge in [0.05, 0.1) is 11.1 Å². The normalized spacial score (nSPS) is 16.7. The fourth-order valence-electron chi connectivity index (χ4n) is 5.05. The highest BCUT2D eigenvalue weighted by Gasteiger charge is 2.37. The second kappa shape index (κ2) is 8.51. The molecule has 160 valence electrons. The molecule has 2 fully saturated rings. The molecule has 0 radical (unpaired) electrons. The lowest BCUT2D eigenvalue weighted by molar-refractivity contribution is -0.108. The lowest BCUT2D eigenvalue weighted by Gasteiger charge is -2.13. The van der Waals surface area contributed by atoms with E-state index in [0.717, 1.165) is 36.1 Å². The van der Waals surface area contributed by atoms with Crippen LogP contribution in [0.15, 0.2) is 48.7 Å². The van der Waals surface area contributed by atoms with Crippen molar-refractivity contribution < 1.29 is 14.3 Å². The fourth-order valence-corrected chi connectivity index (χ4v) is 5.14. The van der Waals surface area contributed by atoms with Gasteiger partial charge in [0.15, 0.2) is 0 Å². The first-order chi connectivity index (χ1) is 15.1. The molecule has 0 spiro atoms. The summed E-state index contributed by atoms with van der Waals surface area (Å²) < 4.78 is 8.28. The van der Waals surface area contributed by atoms with Crippen LogP contribution in [0.3, 0.4) is 0 Å². The summed E-state index contributed by atoms with van der Waals surface area (Å²) in [6.07, 6.45) is 10.00. The summed E-state index contributed by atoms with van der Waals surface area (Å²) in [5.41, 5.74) is 4.38. The Morgan fingerprint density at radius 2 is 1.74 bits per heavy atom. The number of halogens is 1. The number of carbonyl (C=O) groups is 2. The molecular formula is C26H26ClNO3. The minimum atomic E-state index is -0.931. The van der Waals surface area contributed by atoms with Gasteiger partial charge in [-0.25, -0.2) is 0 Å². The third kappa shape index (κ3) is 4.01. The van der Waals surface area contributed by atoms with E-state index in [1.165, 1.54) is 25.7 Å². The van der Waals surface area contributed by atoms with Gasteiger partial charge in [0, 0.05) is 11.9 Å². The van der Waals surface area contributed by atoms with Crippen molar-refractivity contribution in [2.24, 2.45) is 5.92 Å². The van der Waals surface area contributed by atoms with Crippen LogP contribution in [0.1, 0.15) is 71.6 Å². The number of benzene rings is 1. The molecule has 0 unspecified atom stereocenters. The van der Waals surface area contributed by atoms with Crippen LogP contribution >= 0.6 is 11.6 Å². The van der Waals surface area contributed by atoms with Crippen LogP contribution in [-0.4, -0.2) is 15.4 Å². The number of nitrogens with zero attached hydrogens (tertiary/aromatic N) is 1. The van der Waals surface area contributed by atoms with Gasteiger partial charge in [0.1, 0.15) is 12.4 Å². The SMILES string of the molecule is O=C(Cl)C(=O)c1c(C2CC2)c(CC2CCCC2)n2cccc(OCc3ccccc3)c12. The average molecular weight is 436 g/mol. The molecule has 0 bridgehead atoms. The van der Waals surface area contributed by atoms with Crippen molar-refractivity contribution >= 4 is 28.1 Å². The van der Waals surface area contributed by atoms with Crippen molar-refractivity contribution in [2.45, 2.75) is 57.5 Å². The second-order valence-electron chi connectivity index (χ2n) is 8.83. The van der Waals surface area contributed by atoms with E-state index in [0.29, 0.717) is 35.3 Å². The van der Waals surface area contributed by atoms with Gasteiger partial charge in [-0.1, -0.05) is 56.0 Å². The van der Waals surface area contributed by atoms with E-state index in [-0.39, 0.29) is 0 Å². The highest BCUT2D eigenvalue weighted by atomic mass is 35.5. The summed E-state index contributed by atoms with van der Waals surface area (Å²) >= 11 is 5.73. The van der Waals surface area contributed by atoms with E-state index < -0.39 is 11.0 Å². The zero-order valence-electron chi connectivity index (χ0n) is 17.5. The van der Waals surface area contributed by atoms with Gasteiger partial charge in [0.25, 0.3) is 5.24 Å². The van der Waals surface area contributed by atoms with E-state index in [2.05, 4.69) is 4.40 Å². The van der Waals surface area contributed by atoms with Crippen molar-refractivity contribution in [3.05, 3.63) is 71.0 Å². The van der Waals surface area contributed by atoms with Crippen LogP contribution in [0.25, 0.3) is 5.52 Å². The average Bonchev–Trinajstić information content (AvgIpc) is 3.39. The molecule has 1 aromatic carbocycles. The van der Waals surface area contributed by atoms with Gasteiger partial charge < -0.3 is 9.14 Å². The zero-order valence-corrected chi connectivity index (χ0v) is 18.2. The van der Waals surface area contributed by atoms with Gasteiger partial charge >= 0.3 is 0 Å². The van der Waals surface area contributed by atoms with Crippen molar-refractivity contribution in [2.75, 3.05) is 0 Å². The molecule has 0 saturated heterocycles. The van der Waals surface area contributed by atoms with Gasteiger partial charge in [-0.2, -0.15) is 0 Å². The molecule has 2 aliphatic carbocycles. The van der Waals surface area contributed by atoms with Crippen molar-refractivity contribution in [1.29, 1.82) is 0 Å². The Morgan fingerprint density at radius 3 is 2.42 bits per heavy atom. The van der Waals surface area contributed by atoms with Gasteiger partial charge in [-0.15, -0.1) is 0 Å². The summed E-state index contributed by atoms with van der Waals surface area (Å²) in [5.74, 6) is 0.953. The first-order valence-corrected chi connectivity index (χ1v) is 11.6. The summed E-state index contributed by atoms with van der Waals surface area (Å²) in [6.45, 7) is 0.394. The maximum atomic E-state index is 13.0. The topological polar surface area (TPSA) is 47.8 Å². The van der Waals surface area contributed by atoms with E-state index in [9.17, 15) is 9.59 Å². The predicted octanol–water partition coefficient (Wildman–Crippen LogP) is 6.08. The lowest BCUT2D eigenvalue weighted by Crippen LogP contribution is -2.10. The molecule has 2 aromatic heterocycles. The number of carbonyl (C=O) groups excluding carboxylic acids is 2. The first kappa shape index (κ1) is 20.3. The number of hydrogen-bond acceptors (Lipinski definition) is 3. The Morgan fingerprint density at radius 1 is 1.00 bits per heavy atom. The highest BCUT2D eigenvalue weighted by molar-refractivity contribution is 6.83. The zero-order chi connectivity index (χ0) is 21.4. The Labute approximate surface area is 187 Å². The molecule has 5 rings (SSSR count). The summed E-state index contributed by atoms with van der Waals surface area (Å²) in [6, 6.07) is 13.8. The highest BCUT2D eigenvalue weighted by Crippen LogP contribution is 2.48. The van der Waals surface area contributed by atoms with Crippen LogP contribution in [0, 0.1) is 5.92 Å². The maximum absolute atomic E-state index is 13.0. The number of fused-ring (bicyclic) bond motifs is 1. The van der Waals surface area contributed by atoms with Crippen molar-refractivity contribution in [1.82, 2.24) is 4.40 Å². The van der Waals surface area contributed by atoms with E-state index >= 15 is 0 Å². The smallest absolute Gasteiger partial charge is 0.293 e. The molecule has 31 heavy (non-hydrogen) atoms. The number of ketones is 1. The van der Waals surface area contributed by atoms with Gasteiger partial charge in [-0.3, -0.25) is 9.59 Å². The third-order valence-corrected chi connectivity index (χ3v) is 6.82. The van der Waals surface area contributed by atoms with Crippen molar-refractivity contribution in [3.8, 4) is 5.75 Å². The molecular weight excluding hydrogens is 410 g/mol. The monoisotopic (exact) mass is 435 g/mol. The molecule has 2 saturated carbocycles. The maximum Gasteiger partial charge on any atom is 0.293 e. The summed E-state index contributed by atoms with van der Waals surface area (Å²) in [5, 5.41) is -0.931. The molecule has 4 nitrogen and oxygen atoms in total. The Hall–Kier alpha value is -2.59. The summed E-state index contributed by atoms with van der Waals surface area (Å²) in [7, 11) is 0. The number of pyridine rings is 1. The largest absolute Gasteiger partial charge is 0.487 e. The van der Waals surface area contributed by atoms with Crippen LogP contribution in [-0.2, 0) is 17.8 Å². The van der Waals surface area contributed by atoms with Crippen LogP contribution in [0.4, 0.5) is 0 Å². The molecule has 0 N–H and O–H groups in total. The molecule has 2 heterocycles. The number of ether oxygens (including phenoxy) is 1. The Balaban J connectivity index is 1.64.